The topological polar surface area (TPSA) is 97.9 Å². The van der Waals surface area contributed by atoms with Crippen LogP contribution in [0.5, 0.6) is 0 Å². The number of carbonyl (C=O) groups excluding carboxylic acids is 1. The van der Waals surface area contributed by atoms with Gasteiger partial charge in [-0.25, -0.2) is 9.48 Å². The third kappa shape index (κ3) is 4.21. The molecule has 1 aromatic carbocycles. The van der Waals surface area contributed by atoms with Crippen LogP contribution in [0.3, 0.4) is 0 Å². The maximum Gasteiger partial charge on any atom is 0.320 e. The Kier molecular flexibility index (Phi) is 5.10. The van der Waals surface area contributed by atoms with E-state index < -0.39 is 0 Å². The summed E-state index contributed by atoms with van der Waals surface area (Å²) >= 11 is 0. The highest BCUT2D eigenvalue weighted by atomic mass is 16.5. The summed E-state index contributed by atoms with van der Waals surface area (Å²) in [5.74, 6) is 2.34. The molecule has 0 spiro atoms. The lowest BCUT2D eigenvalue weighted by molar-refractivity contribution is 0.249. The zero-order valence-corrected chi connectivity index (χ0v) is 16.1. The van der Waals surface area contributed by atoms with E-state index in [0.717, 1.165) is 16.9 Å². The lowest BCUT2D eigenvalue weighted by atomic mass is 10.1. The van der Waals surface area contributed by atoms with Gasteiger partial charge in [0.25, 0.3) is 0 Å². The molecule has 8 nitrogen and oxygen atoms in total. The zero-order valence-electron chi connectivity index (χ0n) is 16.1. The van der Waals surface area contributed by atoms with Crippen LogP contribution in [0.15, 0.2) is 41.1 Å². The summed E-state index contributed by atoms with van der Waals surface area (Å²) in [6.07, 6.45) is 4.80. The third-order valence-electron chi connectivity index (χ3n) is 5.02. The van der Waals surface area contributed by atoms with Crippen LogP contribution in [0.25, 0.3) is 0 Å². The van der Waals surface area contributed by atoms with E-state index in [1.165, 1.54) is 12.8 Å². The standard InChI is InChI=1S/C20H24N6O2/c1-13-11-22-26(14(2)16-8-9-16)19(13)24-20(27)21-12-18-23-17(25-28-18)10-15-6-4-3-5-7-15/h3-7,11,14,16H,8-10,12H2,1-2H3,(H2,21,24,27). The Labute approximate surface area is 163 Å². The summed E-state index contributed by atoms with van der Waals surface area (Å²) in [5.41, 5.74) is 2.04. The number of nitrogens with zero attached hydrogens (tertiary/aromatic N) is 4. The van der Waals surface area contributed by atoms with E-state index in [4.69, 9.17) is 4.52 Å². The predicted molar refractivity (Wildman–Crippen MR) is 104 cm³/mol. The highest BCUT2D eigenvalue weighted by Gasteiger charge is 2.31. The van der Waals surface area contributed by atoms with Crippen molar-refractivity contribution >= 4 is 11.8 Å². The van der Waals surface area contributed by atoms with Gasteiger partial charge in [0.2, 0.25) is 5.89 Å². The molecule has 3 aromatic rings. The lowest BCUT2D eigenvalue weighted by Gasteiger charge is -2.16. The fraction of sp³-hybridized carbons (Fsp3) is 0.400. The smallest absolute Gasteiger partial charge is 0.320 e. The molecule has 1 unspecified atom stereocenters. The van der Waals surface area contributed by atoms with Gasteiger partial charge >= 0.3 is 6.03 Å². The number of nitrogens with one attached hydrogen (secondary N) is 2. The van der Waals surface area contributed by atoms with E-state index in [1.54, 1.807) is 6.20 Å². The van der Waals surface area contributed by atoms with E-state index in [0.29, 0.717) is 24.1 Å². The monoisotopic (exact) mass is 380 g/mol. The summed E-state index contributed by atoms with van der Waals surface area (Å²) < 4.78 is 7.13. The largest absolute Gasteiger partial charge is 0.337 e. The molecule has 1 fully saturated rings. The van der Waals surface area contributed by atoms with Crippen molar-refractivity contribution in [1.29, 1.82) is 0 Å². The van der Waals surface area contributed by atoms with Crippen molar-refractivity contribution in [3.05, 3.63) is 59.4 Å². The van der Waals surface area contributed by atoms with Crippen molar-refractivity contribution in [1.82, 2.24) is 25.2 Å². The second-order valence-electron chi connectivity index (χ2n) is 7.27. The molecule has 0 saturated heterocycles. The van der Waals surface area contributed by atoms with Crippen LogP contribution in [0.4, 0.5) is 10.6 Å². The summed E-state index contributed by atoms with van der Waals surface area (Å²) in [7, 11) is 0. The molecule has 2 heterocycles. The van der Waals surface area contributed by atoms with Gasteiger partial charge in [0.1, 0.15) is 5.82 Å². The summed E-state index contributed by atoms with van der Waals surface area (Å²) in [5, 5.41) is 14.1. The minimum absolute atomic E-state index is 0.166. The second-order valence-corrected chi connectivity index (χ2v) is 7.27. The van der Waals surface area contributed by atoms with E-state index in [2.05, 4.69) is 32.8 Å². The van der Waals surface area contributed by atoms with Crippen LogP contribution < -0.4 is 10.6 Å². The molecule has 2 aromatic heterocycles. The molecule has 1 aliphatic rings. The fourth-order valence-electron chi connectivity index (χ4n) is 3.21. The van der Waals surface area contributed by atoms with Crippen molar-refractivity contribution in [2.24, 2.45) is 5.92 Å². The number of carbonyl (C=O) groups is 1. The summed E-state index contributed by atoms with van der Waals surface area (Å²) in [4.78, 5) is 16.7. The van der Waals surface area contributed by atoms with Gasteiger partial charge < -0.3 is 9.84 Å². The Bertz CT molecular complexity index is 945. The molecule has 8 heteroatoms. The Morgan fingerprint density at radius 1 is 1.32 bits per heavy atom. The Hall–Kier alpha value is -3.16. The van der Waals surface area contributed by atoms with Gasteiger partial charge in [-0.2, -0.15) is 10.1 Å². The highest BCUT2D eigenvalue weighted by molar-refractivity contribution is 5.88. The van der Waals surface area contributed by atoms with Crippen LogP contribution in [-0.4, -0.2) is 26.0 Å². The average Bonchev–Trinajstić information content (AvgIpc) is 3.36. The van der Waals surface area contributed by atoms with Crippen molar-refractivity contribution in [3.8, 4) is 0 Å². The highest BCUT2D eigenvalue weighted by Crippen LogP contribution is 2.40. The SMILES string of the molecule is Cc1cnn(C(C)C2CC2)c1NC(=O)NCc1nc(Cc2ccccc2)no1. The number of hydrogen-bond acceptors (Lipinski definition) is 5. The van der Waals surface area contributed by atoms with Crippen molar-refractivity contribution < 1.29 is 9.32 Å². The first-order valence-corrected chi connectivity index (χ1v) is 9.54. The normalized spacial score (nSPS) is 14.6. The maximum atomic E-state index is 12.3. The van der Waals surface area contributed by atoms with Crippen molar-refractivity contribution in [2.45, 2.75) is 45.7 Å². The molecule has 4 rings (SSSR count). The van der Waals surface area contributed by atoms with E-state index in [-0.39, 0.29) is 18.6 Å². The summed E-state index contributed by atoms with van der Waals surface area (Å²) in [6.45, 7) is 4.24. The molecule has 1 saturated carbocycles. The fourth-order valence-corrected chi connectivity index (χ4v) is 3.21. The number of urea groups is 1. The number of hydrogen-bond donors (Lipinski definition) is 2. The molecular weight excluding hydrogens is 356 g/mol. The Morgan fingerprint density at radius 3 is 2.86 bits per heavy atom. The quantitative estimate of drug-likeness (QED) is 0.654. The van der Waals surface area contributed by atoms with E-state index >= 15 is 0 Å². The molecule has 2 N–H and O–H groups in total. The van der Waals surface area contributed by atoms with Gasteiger partial charge in [-0.15, -0.1) is 0 Å². The zero-order chi connectivity index (χ0) is 19.5. The van der Waals surface area contributed by atoms with Crippen LogP contribution in [0.2, 0.25) is 0 Å². The minimum Gasteiger partial charge on any atom is -0.337 e. The van der Waals surface area contributed by atoms with Crippen molar-refractivity contribution in [3.63, 3.8) is 0 Å². The predicted octanol–water partition coefficient (Wildman–Crippen LogP) is 3.46. The third-order valence-corrected chi connectivity index (χ3v) is 5.02. The molecule has 1 atom stereocenters. The Morgan fingerprint density at radius 2 is 2.11 bits per heavy atom. The van der Waals surface area contributed by atoms with Gasteiger partial charge in [0.15, 0.2) is 5.82 Å². The van der Waals surface area contributed by atoms with Crippen molar-refractivity contribution in [2.75, 3.05) is 5.32 Å². The van der Waals surface area contributed by atoms with E-state index in [9.17, 15) is 4.79 Å². The van der Waals surface area contributed by atoms with Gasteiger partial charge in [0, 0.05) is 12.0 Å². The van der Waals surface area contributed by atoms with Crippen LogP contribution >= 0.6 is 0 Å². The van der Waals surface area contributed by atoms with Crippen LogP contribution in [-0.2, 0) is 13.0 Å². The molecule has 2 amide bonds. The van der Waals surface area contributed by atoms with Gasteiger partial charge in [-0.05, 0) is 38.2 Å². The first kappa shape index (κ1) is 18.2. The van der Waals surface area contributed by atoms with Gasteiger partial charge in [0.05, 0.1) is 18.8 Å². The number of aryl methyl sites for hydroxylation is 1. The molecule has 28 heavy (non-hydrogen) atoms. The molecule has 0 radical (unpaired) electrons. The molecule has 0 aliphatic heterocycles. The number of amides is 2. The van der Waals surface area contributed by atoms with Gasteiger partial charge in [-0.3, -0.25) is 5.32 Å². The first-order chi connectivity index (χ1) is 13.6. The van der Waals surface area contributed by atoms with E-state index in [1.807, 2.05) is 41.9 Å². The second kappa shape index (κ2) is 7.84. The lowest BCUT2D eigenvalue weighted by Crippen LogP contribution is -2.30. The minimum atomic E-state index is -0.323. The number of anilines is 1. The number of rotatable bonds is 7. The molecule has 0 bridgehead atoms. The number of benzene rings is 1. The molecule has 146 valence electrons. The Balaban J connectivity index is 1.32. The first-order valence-electron chi connectivity index (χ1n) is 9.54. The molecule has 1 aliphatic carbocycles. The maximum absolute atomic E-state index is 12.3. The van der Waals surface area contributed by atoms with Crippen LogP contribution in [0.1, 0.15) is 48.6 Å². The summed E-state index contributed by atoms with van der Waals surface area (Å²) in [6, 6.07) is 9.88. The van der Waals surface area contributed by atoms with Crippen LogP contribution in [0, 0.1) is 12.8 Å². The van der Waals surface area contributed by atoms with Gasteiger partial charge in [-0.1, -0.05) is 35.5 Å². The average molecular weight is 380 g/mol. The molecular formula is C20H24N6O2. The number of aromatic nitrogens is 4.